The molecule has 1 aromatic carbocycles. The summed E-state index contributed by atoms with van der Waals surface area (Å²) in [6.45, 7) is 5.19. The zero-order valence-corrected chi connectivity index (χ0v) is 16.1. The Bertz CT molecular complexity index is 1100. The second-order valence-corrected chi connectivity index (χ2v) is 7.10. The number of benzene rings is 1. The maximum atomic E-state index is 12.4. The van der Waals surface area contributed by atoms with Crippen LogP contribution in [0.1, 0.15) is 0 Å². The molecule has 1 N–H and O–H groups in total. The van der Waals surface area contributed by atoms with E-state index in [0.717, 1.165) is 38.4 Å². The van der Waals surface area contributed by atoms with E-state index in [1.165, 1.54) is 17.1 Å². The summed E-state index contributed by atoms with van der Waals surface area (Å²) in [5.74, 6) is 0. The Morgan fingerprint density at radius 3 is 2.59 bits per heavy atom. The summed E-state index contributed by atoms with van der Waals surface area (Å²) in [4.78, 5) is 37.0. The van der Waals surface area contributed by atoms with Gasteiger partial charge in [-0.2, -0.15) is 0 Å². The molecule has 1 aliphatic heterocycles. The predicted molar refractivity (Wildman–Crippen MR) is 110 cm³/mol. The van der Waals surface area contributed by atoms with Crippen LogP contribution in [0.15, 0.2) is 52.7 Å². The fraction of sp³-hybridized carbons (Fsp3) is 0.400. The van der Waals surface area contributed by atoms with Crippen LogP contribution in [0.2, 0.25) is 0 Å². The summed E-state index contributed by atoms with van der Waals surface area (Å²) in [6, 6.07) is 5.73. The van der Waals surface area contributed by atoms with E-state index in [1.54, 1.807) is 17.0 Å². The van der Waals surface area contributed by atoms with E-state index in [9.17, 15) is 9.59 Å². The lowest BCUT2D eigenvalue weighted by molar-refractivity contribution is 0.247. The standard InChI is InChI=1S/C20H24N6O3/c27-12-11-26-15-22-18-13-16(1-2-17(18)20(26)29)24-8-5-23(6-9-24)7-10-25-4-3-21-14-19(25)28/h1-4,13-15,27H,5-12H2. The molecule has 2 aromatic heterocycles. The monoisotopic (exact) mass is 396 g/mol. The molecule has 1 fully saturated rings. The number of aliphatic hydroxyl groups excluding tert-OH is 1. The molecule has 0 saturated carbocycles. The average molecular weight is 396 g/mol. The lowest BCUT2D eigenvalue weighted by Crippen LogP contribution is -2.47. The van der Waals surface area contributed by atoms with Crippen LogP contribution < -0.4 is 16.0 Å². The highest BCUT2D eigenvalue weighted by atomic mass is 16.3. The predicted octanol–water partition coefficient (Wildman–Crippen LogP) is -0.232. The molecule has 3 aromatic rings. The van der Waals surface area contributed by atoms with Gasteiger partial charge in [-0.1, -0.05) is 0 Å². The second-order valence-electron chi connectivity index (χ2n) is 7.10. The third-order valence-electron chi connectivity index (χ3n) is 5.34. The van der Waals surface area contributed by atoms with E-state index in [-0.39, 0.29) is 24.3 Å². The first-order valence-electron chi connectivity index (χ1n) is 9.73. The largest absolute Gasteiger partial charge is 0.395 e. The van der Waals surface area contributed by atoms with Crippen LogP contribution in [0.4, 0.5) is 5.69 Å². The van der Waals surface area contributed by atoms with Crippen molar-refractivity contribution in [2.75, 3.05) is 44.2 Å². The zero-order chi connectivity index (χ0) is 20.2. The summed E-state index contributed by atoms with van der Waals surface area (Å²) < 4.78 is 3.10. The van der Waals surface area contributed by atoms with Crippen molar-refractivity contribution in [1.29, 1.82) is 0 Å². The number of anilines is 1. The molecule has 0 atom stereocenters. The number of aliphatic hydroxyl groups is 1. The Morgan fingerprint density at radius 1 is 1.00 bits per heavy atom. The zero-order valence-electron chi connectivity index (χ0n) is 16.1. The molecule has 29 heavy (non-hydrogen) atoms. The highest BCUT2D eigenvalue weighted by Crippen LogP contribution is 2.20. The van der Waals surface area contributed by atoms with Gasteiger partial charge in [-0.05, 0) is 18.2 Å². The average Bonchev–Trinajstić information content (AvgIpc) is 2.75. The van der Waals surface area contributed by atoms with Gasteiger partial charge in [0.05, 0.1) is 36.6 Å². The van der Waals surface area contributed by atoms with Crippen molar-refractivity contribution < 1.29 is 5.11 Å². The smallest absolute Gasteiger partial charge is 0.269 e. The Hall–Kier alpha value is -3.04. The van der Waals surface area contributed by atoms with E-state index in [4.69, 9.17) is 5.11 Å². The van der Waals surface area contributed by atoms with Crippen LogP contribution >= 0.6 is 0 Å². The first-order chi connectivity index (χ1) is 14.2. The molecule has 1 aliphatic rings. The van der Waals surface area contributed by atoms with Crippen LogP contribution in [0, 0.1) is 0 Å². The minimum Gasteiger partial charge on any atom is -0.395 e. The van der Waals surface area contributed by atoms with Gasteiger partial charge >= 0.3 is 0 Å². The van der Waals surface area contributed by atoms with Gasteiger partial charge in [-0.25, -0.2) is 4.98 Å². The number of nitrogens with zero attached hydrogens (tertiary/aromatic N) is 6. The molecule has 152 valence electrons. The van der Waals surface area contributed by atoms with Crippen molar-refractivity contribution in [3.05, 3.63) is 63.8 Å². The number of piperazine rings is 1. The topological polar surface area (TPSA) is 96.5 Å². The highest BCUT2D eigenvalue weighted by Gasteiger charge is 2.18. The number of hydrogen-bond donors (Lipinski definition) is 1. The Kier molecular flexibility index (Phi) is 5.68. The van der Waals surface area contributed by atoms with Crippen molar-refractivity contribution in [3.8, 4) is 0 Å². The van der Waals surface area contributed by atoms with Crippen molar-refractivity contribution in [3.63, 3.8) is 0 Å². The van der Waals surface area contributed by atoms with E-state index in [0.29, 0.717) is 17.4 Å². The molecule has 0 radical (unpaired) electrons. The summed E-state index contributed by atoms with van der Waals surface area (Å²) >= 11 is 0. The SMILES string of the molecule is O=c1cnccn1CCN1CCN(c2ccc3c(=O)n(CCO)cnc3c2)CC1. The maximum Gasteiger partial charge on any atom is 0.269 e. The van der Waals surface area contributed by atoms with Crippen molar-refractivity contribution in [2.24, 2.45) is 0 Å². The normalized spacial score (nSPS) is 15.1. The Labute approximate surface area is 167 Å². The third-order valence-corrected chi connectivity index (χ3v) is 5.34. The minimum absolute atomic E-state index is 0.0761. The molecule has 4 rings (SSSR count). The lowest BCUT2D eigenvalue weighted by atomic mass is 10.2. The van der Waals surface area contributed by atoms with Crippen LogP contribution in [-0.4, -0.2) is 68.4 Å². The van der Waals surface area contributed by atoms with Gasteiger partial charge in [0.25, 0.3) is 11.1 Å². The molecule has 1 saturated heterocycles. The van der Waals surface area contributed by atoms with Gasteiger partial charge in [0.1, 0.15) is 0 Å². The van der Waals surface area contributed by atoms with Crippen LogP contribution in [0.5, 0.6) is 0 Å². The Morgan fingerprint density at radius 2 is 1.83 bits per heavy atom. The summed E-state index contributed by atoms with van der Waals surface area (Å²) in [5.41, 5.74) is 1.51. The molecule has 9 nitrogen and oxygen atoms in total. The molecule has 0 spiro atoms. The number of aromatic nitrogens is 4. The molecular formula is C20H24N6O3. The third kappa shape index (κ3) is 4.20. The van der Waals surface area contributed by atoms with Gasteiger partial charge < -0.3 is 14.6 Å². The second kappa shape index (κ2) is 8.54. The fourth-order valence-electron chi connectivity index (χ4n) is 3.65. The minimum atomic E-state index is -0.133. The first-order valence-corrected chi connectivity index (χ1v) is 9.73. The van der Waals surface area contributed by atoms with Crippen LogP contribution in [0.25, 0.3) is 10.9 Å². The first kappa shape index (κ1) is 19.3. The number of rotatable bonds is 6. The molecule has 3 heterocycles. The number of fused-ring (bicyclic) bond motifs is 1. The molecule has 0 unspecified atom stereocenters. The quantitative estimate of drug-likeness (QED) is 0.615. The molecular weight excluding hydrogens is 372 g/mol. The van der Waals surface area contributed by atoms with Crippen LogP contribution in [0.3, 0.4) is 0 Å². The maximum absolute atomic E-state index is 12.4. The van der Waals surface area contributed by atoms with E-state index >= 15 is 0 Å². The molecule has 0 amide bonds. The van der Waals surface area contributed by atoms with Gasteiger partial charge in [0, 0.05) is 57.3 Å². The van der Waals surface area contributed by atoms with E-state index < -0.39 is 0 Å². The van der Waals surface area contributed by atoms with E-state index in [1.807, 2.05) is 18.2 Å². The van der Waals surface area contributed by atoms with Gasteiger partial charge in [-0.3, -0.25) is 24.0 Å². The Balaban J connectivity index is 1.40. The highest BCUT2D eigenvalue weighted by molar-refractivity contribution is 5.81. The fourth-order valence-corrected chi connectivity index (χ4v) is 3.65. The van der Waals surface area contributed by atoms with Gasteiger partial charge in [0.2, 0.25) is 0 Å². The van der Waals surface area contributed by atoms with E-state index in [2.05, 4.69) is 19.8 Å². The summed E-state index contributed by atoms with van der Waals surface area (Å²) in [7, 11) is 0. The molecule has 0 bridgehead atoms. The van der Waals surface area contributed by atoms with Gasteiger partial charge in [-0.15, -0.1) is 0 Å². The molecule has 0 aliphatic carbocycles. The number of hydrogen-bond acceptors (Lipinski definition) is 7. The summed E-state index contributed by atoms with van der Waals surface area (Å²) in [6.07, 6.45) is 6.18. The summed E-state index contributed by atoms with van der Waals surface area (Å²) in [5, 5.41) is 9.61. The molecule has 9 heteroatoms. The van der Waals surface area contributed by atoms with Crippen molar-refractivity contribution >= 4 is 16.6 Å². The van der Waals surface area contributed by atoms with Crippen molar-refractivity contribution in [2.45, 2.75) is 13.1 Å². The van der Waals surface area contributed by atoms with Crippen molar-refractivity contribution in [1.82, 2.24) is 24.0 Å². The van der Waals surface area contributed by atoms with Gasteiger partial charge in [0.15, 0.2) is 0 Å². The lowest BCUT2D eigenvalue weighted by Gasteiger charge is -2.36. The van der Waals surface area contributed by atoms with Crippen LogP contribution in [-0.2, 0) is 13.1 Å².